The highest BCUT2D eigenvalue weighted by molar-refractivity contribution is 6.02. The fourth-order valence-corrected chi connectivity index (χ4v) is 3.06. The number of nitrogens with one attached hydrogen (secondary N) is 2. The summed E-state index contributed by atoms with van der Waals surface area (Å²) in [5, 5.41) is 3.89. The molecule has 0 spiro atoms. The number of carbonyl (C=O) groups is 2. The van der Waals surface area contributed by atoms with Crippen LogP contribution >= 0.6 is 0 Å². The third-order valence-electron chi connectivity index (χ3n) is 4.31. The Morgan fingerprint density at radius 2 is 1.88 bits per heavy atom. The Hall–Kier alpha value is -3.08. The average Bonchev–Trinajstić information content (AvgIpc) is 2.91. The van der Waals surface area contributed by atoms with Crippen molar-refractivity contribution in [1.82, 2.24) is 4.98 Å². The number of amides is 1. The SMILES string of the molecule is CCOC(=O)c1ccccc1NC(=O)Cc1c(C)[nH]c2ccc(C)cc12. The molecule has 2 aromatic carbocycles. The van der Waals surface area contributed by atoms with Gasteiger partial charge in [0.15, 0.2) is 0 Å². The molecule has 0 aliphatic rings. The van der Waals surface area contributed by atoms with Gasteiger partial charge in [0.2, 0.25) is 5.91 Å². The molecule has 26 heavy (non-hydrogen) atoms. The Morgan fingerprint density at radius 1 is 1.12 bits per heavy atom. The van der Waals surface area contributed by atoms with Crippen LogP contribution in [0.2, 0.25) is 0 Å². The summed E-state index contributed by atoms with van der Waals surface area (Å²) in [5.41, 5.74) is 4.92. The van der Waals surface area contributed by atoms with Crippen molar-refractivity contribution in [1.29, 1.82) is 0 Å². The molecule has 0 atom stereocenters. The van der Waals surface area contributed by atoms with Crippen molar-refractivity contribution < 1.29 is 14.3 Å². The number of fused-ring (bicyclic) bond motifs is 1. The second-order valence-electron chi connectivity index (χ2n) is 6.27. The number of aryl methyl sites for hydroxylation is 2. The van der Waals surface area contributed by atoms with E-state index in [4.69, 9.17) is 4.74 Å². The van der Waals surface area contributed by atoms with Gasteiger partial charge >= 0.3 is 5.97 Å². The van der Waals surface area contributed by atoms with Gasteiger partial charge in [-0.3, -0.25) is 4.79 Å². The highest BCUT2D eigenvalue weighted by Gasteiger charge is 2.16. The molecular weight excluding hydrogens is 328 g/mol. The number of hydrogen-bond donors (Lipinski definition) is 2. The summed E-state index contributed by atoms with van der Waals surface area (Å²) in [6.45, 7) is 6.03. The zero-order valence-corrected chi connectivity index (χ0v) is 15.2. The average molecular weight is 350 g/mol. The Kier molecular flexibility index (Phi) is 5.07. The van der Waals surface area contributed by atoms with E-state index in [9.17, 15) is 9.59 Å². The largest absolute Gasteiger partial charge is 0.462 e. The van der Waals surface area contributed by atoms with Crippen molar-refractivity contribution in [3.8, 4) is 0 Å². The second-order valence-corrected chi connectivity index (χ2v) is 6.27. The van der Waals surface area contributed by atoms with E-state index in [1.165, 1.54) is 0 Å². The topological polar surface area (TPSA) is 71.2 Å². The van der Waals surface area contributed by atoms with Crippen LogP contribution in [0.5, 0.6) is 0 Å². The number of ether oxygens (including phenoxy) is 1. The Bertz CT molecular complexity index is 973. The summed E-state index contributed by atoms with van der Waals surface area (Å²) < 4.78 is 5.05. The number of benzene rings is 2. The third-order valence-corrected chi connectivity index (χ3v) is 4.31. The Morgan fingerprint density at radius 3 is 2.65 bits per heavy atom. The van der Waals surface area contributed by atoms with Crippen molar-refractivity contribution in [3.63, 3.8) is 0 Å². The number of anilines is 1. The predicted molar refractivity (Wildman–Crippen MR) is 103 cm³/mol. The van der Waals surface area contributed by atoms with Crippen molar-refractivity contribution >= 4 is 28.5 Å². The zero-order chi connectivity index (χ0) is 18.7. The van der Waals surface area contributed by atoms with E-state index >= 15 is 0 Å². The maximum atomic E-state index is 12.6. The number of aromatic nitrogens is 1. The Labute approximate surface area is 152 Å². The van der Waals surface area contributed by atoms with E-state index in [2.05, 4.69) is 16.4 Å². The fourth-order valence-electron chi connectivity index (χ4n) is 3.06. The lowest BCUT2D eigenvalue weighted by atomic mass is 10.1. The van der Waals surface area contributed by atoms with Gasteiger partial charge in [-0.2, -0.15) is 0 Å². The molecule has 134 valence electrons. The normalized spacial score (nSPS) is 10.7. The van der Waals surface area contributed by atoms with Crippen LogP contribution in [-0.4, -0.2) is 23.5 Å². The van der Waals surface area contributed by atoms with E-state index in [0.29, 0.717) is 11.3 Å². The number of aromatic amines is 1. The van der Waals surface area contributed by atoms with Crippen LogP contribution in [0.25, 0.3) is 10.9 Å². The fraction of sp³-hybridized carbons (Fsp3) is 0.238. The number of hydrogen-bond acceptors (Lipinski definition) is 3. The lowest BCUT2D eigenvalue weighted by Gasteiger charge is -2.10. The summed E-state index contributed by atoms with van der Waals surface area (Å²) in [5.74, 6) is -0.616. The molecule has 1 amide bonds. The van der Waals surface area contributed by atoms with Crippen LogP contribution in [0, 0.1) is 13.8 Å². The molecule has 0 bridgehead atoms. The molecule has 1 heterocycles. The minimum absolute atomic E-state index is 0.174. The van der Waals surface area contributed by atoms with Crippen LogP contribution in [-0.2, 0) is 16.0 Å². The van der Waals surface area contributed by atoms with Gasteiger partial charge in [0.25, 0.3) is 0 Å². The van der Waals surface area contributed by atoms with Crippen molar-refractivity contribution in [2.75, 3.05) is 11.9 Å². The number of para-hydroxylation sites is 1. The van der Waals surface area contributed by atoms with Gasteiger partial charge in [-0.1, -0.05) is 23.8 Å². The first-order valence-electron chi connectivity index (χ1n) is 8.63. The minimum atomic E-state index is -0.442. The van der Waals surface area contributed by atoms with Gasteiger partial charge in [-0.25, -0.2) is 4.79 Å². The van der Waals surface area contributed by atoms with Gasteiger partial charge in [-0.05, 0) is 50.6 Å². The van der Waals surface area contributed by atoms with E-state index in [1.54, 1.807) is 31.2 Å². The lowest BCUT2D eigenvalue weighted by Crippen LogP contribution is -2.17. The first-order valence-corrected chi connectivity index (χ1v) is 8.63. The van der Waals surface area contributed by atoms with E-state index in [-0.39, 0.29) is 18.9 Å². The third kappa shape index (κ3) is 3.61. The van der Waals surface area contributed by atoms with Crippen LogP contribution < -0.4 is 5.32 Å². The molecule has 0 radical (unpaired) electrons. The molecule has 0 aliphatic heterocycles. The molecule has 5 heteroatoms. The molecule has 3 rings (SSSR count). The molecule has 0 unspecified atom stereocenters. The van der Waals surface area contributed by atoms with Crippen molar-refractivity contribution in [2.45, 2.75) is 27.2 Å². The molecule has 0 saturated carbocycles. The predicted octanol–water partition coefficient (Wildman–Crippen LogP) is 4.14. The first-order chi connectivity index (χ1) is 12.5. The smallest absolute Gasteiger partial charge is 0.340 e. The highest BCUT2D eigenvalue weighted by Crippen LogP contribution is 2.24. The summed E-state index contributed by atoms with van der Waals surface area (Å²) >= 11 is 0. The standard InChI is InChI=1S/C21H22N2O3/c1-4-26-21(25)15-7-5-6-8-18(15)23-20(24)12-16-14(3)22-19-10-9-13(2)11-17(16)19/h5-11,22H,4,12H2,1-3H3,(H,23,24). The maximum Gasteiger partial charge on any atom is 0.340 e. The van der Waals surface area contributed by atoms with Crippen LogP contribution in [0.4, 0.5) is 5.69 Å². The monoisotopic (exact) mass is 350 g/mol. The summed E-state index contributed by atoms with van der Waals surface area (Å²) in [6.07, 6.45) is 0.229. The highest BCUT2D eigenvalue weighted by atomic mass is 16.5. The molecule has 1 aromatic heterocycles. The van der Waals surface area contributed by atoms with Gasteiger partial charge in [0.1, 0.15) is 0 Å². The molecule has 2 N–H and O–H groups in total. The maximum absolute atomic E-state index is 12.6. The summed E-state index contributed by atoms with van der Waals surface area (Å²) in [7, 11) is 0. The first kappa shape index (κ1) is 17.7. The van der Waals surface area contributed by atoms with E-state index < -0.39 is 5.97 Å². The molecule has 3 aromatic rings. The quantitative estimate of drug-likeness (QED) is 0.679. The van der Waals surface area contributed by atoms with Gasteiger partial charge < -0.3 is 15.0 Å². The summed E-state index contributed by atoms with van der Waals surface area (Å²) in [6, 6.07) is 13.0. The van der Waals surface area contributed by atoms with Crippen LogP contribution in [0.1, 0.15) is 34.1 Å². The molecule has 0 saturated heterocycles. The number of rotatable bonds is 5. The van der Waals surface area contributed by atoms with E-state index in [0.717, 1.165) is 27.7 Å². The molecule has 5 nitrogen and oxygen atoms in total. The van der Waals surface area contributed by atoms with Gasteiger partial charge in [-0.15, -0.1) is 0 Å². The molecular formula is C21H22N2O3. The lowest BCUT2D eigenvalue weighted by molar-refractivity contribution is -0.115. The van der Waals surface area contributed by atoms with Gasteiger partial charge in [0, 0.05) is 16.6 Å². The summed E-state index contributed by atoms with van der Waals surface area (Å²) in [4.78, 5) is 28.0. The van der Waals surface area contributed by atoms with Gasteiger partial charge in [0.05, 0.1) is 24.3 Å². The van der Waals surface area contributed by atoms with Crippen LogP contribution in [0.3, 0.4) is 0 Å². The Balaban J connectivity index is 1.84. The second kappa shape index (κ2) is 7.44. The van der Waals surface area contributed by atoms with Crippen molar-refractivity contribution in [2.24, 2.45) is 0 Å². The number of esters is 1. The zero-order valence-electron chi connectivity index (χ0n) is 15.2. The van der Waals surface area contributed by atoms with Crippen molar-refractivity contribution in [3.05, 3.63) is 64.8 Å². The molecule has 0 aliphatic carbocycles. The number of H-pyrrole nitrogens is 1. The number of carbonyl (C=O) groups excluding carboxylic acids is 2. The van der Waals surface area contributed by atoms with E-state index in [1.807, 2.05) is 26.0 Å². The minimum Gasteiger partial charge on any atom is -0.462 e. The van der Waals surface area contributed by atoms with Crippen LogP contribution in [0.15, 0.2) is 42.5 Å². The molecule has 0 fully saturated rings.